The summed E-state index contributed by atoms with van der Waals surface area (Å²) >= 11 is 0. The zero-order valence-electron chi connectivity index (χ0n) is 11.6. The van der Waals surface area contributed by atoms with Crippen LogP contribution in [-0.4, -0.2) is 39.6 Å². The van der Waals surface area contributed by atoms with Gasteiger partial charge in [-0.15, -0.1) is 0 Å². The Bertz CT molecular complexity index is 530. The molecule has 0 radical (unpaired) electrons. The highest BCUT2D eigenvalue weighted by atomic mass is 19.1. The van der Waals surface area contributed by atoms with Crippen molar-refractivity contribution >= 4 is 5.91 Å². The average molecular weight is 278 g/mol. The maximum absolute atomic E-state index is 13.8. The van der Waals surface area contributed by atoms with Gasteiger partial charge in [-0.05, 0) is 37.8 Å². The highest BCUT2D eigenvalue weighted by molar-refractivity contribution is 5.93. The van der Waals surface area contributed by atoms with Crippen LogP contribution in [0, 0.1) is 11.2 Å². The number of aromatic nitrogens is 1. The number of halogens is 1. The summed E-state index contributed by atoms with van der Waals surface area (Å²) in [6, 6.07) is 2.86. The number of nitrogens with zero attached hydrogens (tertiary/aromatic N) is 2. The zero-order chi connectivity index (χ0) is 14.3. The predicted molar refractivity (Wildman–Crippen MR) is 71.6 cm³/mol. The van der Waals surface area contributed by atoms with E-state index in [9.17, 15) is 14.3 Å². The van der Waals surface area contributed by atoms with Gasteiger partial charge in [0.2, 0.25) is 0 Å². The van der Waals surface area contributed by atoms with Crippen LogP contribution in [0.4, 0.5) is 4.39 Å². The molecule has 4 nitrogen and oxygen atoms in total. The van der Waals surface area contributed by atoms with E-state index in [0.717, 1.165) is 25.7 Å². The maximum Gasteiger partial charge on any atom is 0.276 e. The fourth-order valence-electron chi connectivity index (χ4n) is 3.92. The van der Waals surface area contributed by atoms with E-state index >= 15 is 0 Å². The summed E-state index contributed by atoms with van der Waals surface area (Å²) in [6.07, 6.45) is 4.91. The summed E-state index contributed by atoms with van der Waals surface area (Å²) in [6.45, 7) is 2.13. The van der Waals surface area contributed by atoms with Crippen molar-refractivity contribution in [3.05, 3.63) is 29.8 Å². The van der Waals surface area contributed by atoms with Gasteiger partial charge in [0.15, 0.2) is 11.5 Å². The third-order valence-electron chi connectivity index (χ3n) is 5.07. The third kappa shape index (κ3) is 1.76. The number of rotatable bonds is 3. The van der Waals surface area contributed by atoms with Crippen molar-refractivity contribution in [3.8, 4) is 0 Å². The van der Waals surface area contributed by atoms with Crippen LogP contribution >= 0.6 is 0 Å². The number of aliphatic hydroxyl groups is 1. The molecule has 2 bridgehead atoms. The molecular formula is C15H19FN2O2. The van der Waals surface area contributed by atoms with Crippen LogP contribution in [0.5, 0.6) is 0 Å². The van der Waals surface area contributed by atoms with Gasteiger partial charge in [0.25, 0.3) is 5.91 Å². The lowest BCUT2D eigenvalue weighted by atomic mass is 9.72. The Morgan fingerprint density at radius 2 is 2.40 bits per heavy atom. The smallest absolute Gasteiger partial charge is 0.276 e. The van der Waals surface area contributed by atoms with Crippen LogP contribution in [-0.2, 0) is 0 Å². The van der Waals surface area contributed by atoms with E-state index in [1.807, 2.05) is 6.92 Å². The Morgan fingerprint density at radius 1 is 1.60 bits per heavy atom. The second kappa shape index (κ2) is 4.81. The van der Waals surface area contributed by atoms with Crippen molar-refractivity contribution in [1.82, 2.24) is 9.88 Å². The highest BCUT2D eigenvalue weighted by Gasteiger charge is 2.56. The second-order valence-electron chi connectivity index (χ2n) is 5.87. The molecule has 0 saturated carbocycles. The molecule has 3 heterocycles. The lowest BCUT2D eigenvalue weighted by Gasteiger charge is -2.34. The molecule has 0 aromatic carbocycles. The zero-order valence-corrected chi connectivity index (χ0v) is 11.6. The molecule has 0 spiro atoms. The summed E-state index contributed by atoms with van der Waals surface area (Å²) in [7, 11) is 0. The first kappa shape index (κ1) is 13.5. The summed E-state index contributed by atoms with van der Waals surface area (Å²) in [5, 5.41) is 9.74. The van der Waals surface area contributed by atoms with Gasteiger partial charge in [-0.1, -0.05) is 6.92 Å². The first-order chi connectivity index (χ1) is 9.63. The fraction of sp³-hybridized carbons (Fsp3) is 0.600. The van der Waals surface area contributed by atoms with E-state index in [1.165, 1.54) is 18.3 Å². The van der Waals surface area contributed by atoms with E-state index in [1.54, 1.807) is 4.90 Å². The third-order valence-corrected chi connectivity index (χ3v) is 5.07. The minimum Gasteiger partial charge on any atom is -0.396 e. The highest BCUT2D eigenvalue weighted by Crippen LogP contribution is 2.51. The molecule has 0 aliphatic carbocycles. The van der Waals surface area contributed by atoms with Crippen molar-refractivity contribution in [3.63, 3.8) is 0 Å². The Labute approximate surface area is 117 Å². The SMILES string of the molecule is CC[C@]1(CO)C[C@H]2CC[C@@H]1N2C(=O)c1ncccc1F. The number of hydrogen-bond donors (Lipinski definition) is 1. The van der Waals surface area contributed by atoms with Crippen molar-refractivity contribution < 1.29 is 14.3 Å². The molecule has 20 heavy (non-hydrogen) atoms. The van der Waals surface area contributed by atoms with E-state index in [4.69, 9.17) is 0 Å². The van der Waals surface area contributed by atoms with Crippen LogP contribution in [0.2, 0.25) is 0 Å². The van der Waals surface area contributed by atoms with Crippen LogP contribution in [0.25, 0.3) is 0 Å². The first-order valence-electron chi connectivity index (χ1n) is 7.17. The molecule has 3 rings (SSSR count). The molecule has 1 aromatic heterocycles. The minimum absolute atomic E-state index is 0.0106. The molecule has 3 atom stereocenters. The summed E-state index contributed by atoms with van der Waals surface area (Å²) in [4.78, 5) is 18.2. The number of fused-ring (bicyclic) bond motifs is 2. The van der Waals surface area contributed by atoms with Crippen molar-refractivity contribution in [2.75, 3.05) is 6.61 Å². The van der Waals surface area contributed by atoms with Gasteiger partial charge < -0.3 is 10.0 Å². The van der Waals surface area contributed by atoms with Crippen molar-refractivity contribution in [1.29, 1.82) is 0 Å². The van der Waals surface area contributed by atoms with E-state index in [2.05, 4.69) is 4.98 Å². The molecule has 0 unspecified atom stereocenters. The number of pyridine rings is 1. The van der Waals surface area contributed by atoms with E-state index < -0.39 is 5.82 Å². The van der Waals surface area contributed by atoms with Gasteiger partial charge in [-0.3, -0.25) is 4.79 Å². The Morgan fingerprint density at radius 3 is 3.00 bits per heavy atom. The van der Waals surface area contributed by atoms with Crippen molar-refractivity contribution in [2.45, 2.75) is 44.7 Å². The van der Waals surface area contributed by atoms with E-state index in [-0.39, 0.29) is 35.7 Å². The molecule has 1 amide bonds. The molecule has 5 heteroatoms. The molecular weight excluding hydrogens is 259 g/mol. The topological polar surface area (TPSA) is 53.4 Å². The standard InChI is InChI=1S/C15H19FN2O2/c1-2-15(9-19)8-10-5-6-12(15)18(10)14(20)13-11(16)4-3-7-17-13/h3-4,7,10,12,19H,2,5-6,8-9H2,1H3/t10-,12+,15-/m1/s1. The predicted octanol–water partition coefficient (Wildman–Crippen LogP) is 1.99. The molecule has 1 N–H and O–H groups in total. The van der Waals surface area contributed by atoms with Crippen LogP contribution in [0.1, 0.15) is 43.1 Å². The fourth-order valence-corrected chi connectivity index (χ4v) is 3.92. The van der Waals surface area contributed by atoms with Crippen LogP contribution < -0.4 is 0 Å². The number of carbonyl (C=O) groups excluding carboxylic acids is 1. The average Bonchev–Trinajstić information content (AvgIpc) is 3.02. The number of amides is 1. The van der Waals surface area contributed by atoms with Gasteiger partial charge in [-0.2, -0.15) is 0 Å². The van der Waals surface area contributed by atoms with Gasteiger partial charge in [0, 0.05) is 23.7 Å². The van der Waals surface area contributed by atoms with Gasteiger partial charge in [0.05, 0.1) is 6.61 Å². The minimum atomic E-state index is -0.574. The number of hydrogen-bond acceptors (Lipinski definition) is 3. The molecule has 108 valence electrons. The van der Waals surface area contributed by atoms with Gasteiger partial charge in [0.1, 0.15) is 0 Å². The Balaban J connectivity index is 1.93. The lowest BCUT2D eigenvalue weighted by Crippen LogP contribution is -2.42. The summed E-state index contributed by atoms with van der Waals surface area (Å²) in [5.41, 5.74) is -0.321. The van der Waals surface area contributed by atoms with Gasteiger partial charge >= 0.3 is 0 Å². The largest absolute Gasteiger partial charge is 0.396 e. The molecule has 2 fully saturated rings. The summed E-state index contributed by atoms with van der Waals surface area (Å²) in [5.74, 6) is -0.908. The first-order valence-corrected chi connectivity index (χ1v) is 7.17. The van der Waals surface area contributed by atoms with Gasteiger partial charge in [-0.25, -0.2) is 9.37 Å². The summed E-state index contributed by atoms with van der Waals surface area (Å²) < 4.78 is 13.8. The number of aliphatic hydroxyl groups excluding tert-OH is 1. The second-order valence-corrected chi connectivity index (χ2v) is 5.87. The maximum atomic E-state index is 13.8. The molecule has 2 aliphatic rings. The quantitative estimate of drug-likeness (QED) is 0.920. The Hall–Kier alpha value is -1.49. The molecule has 2 saturated heterocycles. The van der Waals surface area contributed by atoms with Crippen LogP contribution in [0.3, 0.4) is 0 Å². The van der Waals surface area contributed by atoms with Crippen molar-refractivity contribution in [2.24, 2.45) is 5.41 Å². The van der Waals surface area contributed by atoms with E-state index in [0.29, 0.717) is 0 Å². The Kier molecular flexibility index (Phi) is 3.24. The van der Waals surface area contributed by atoms with Crippen LogP contribution in [0.15, 0.2) is 18.3 Å². The lowest BCUT2D eigenvalue weighted by molar-refractivity contribution is 0.0549. The normalized spacial score (nSPS) is 31.9. The monoisotopic (exact) mass is 278 g/mol. The molecule has 1 aromatic rings. The number of carbonyl (C=O) groups is 1. The molecule has 2 aliphatic heterocycles.